The molecule has 0 aromatic heterocycles. The van der Waals surface area contributed by atoms with Crippen LogP contribution in [-0.2, 0) is 0 Å². The summed E-state index contributed by atoms with van der Waals surface area (Å²) >= 11 is 11.8. The number of likely N-dealkylation sites (tertiary alicyclic amines) is 1. The highest BCUT2D eigenvalue weighted by Crippen LogP contribution is 2.29. The SMILES string of the molecule is CC1CCN(CCNC(=O)c2cc(N)c(Cl)c(Cl)c2)CC1. The van der Waals surface area contributed by atoms with Gasteiger partial charge >= 0.3 is 0 Å². The molecule has 21 heavy (non-hydrogen) atoms. The van der Waals surface area contributed by atoms with E-state index < -0.39 is 0 Å². The van der Waals surface area contributed by atoms with Gasteiger partial charge in [0.1, 0.15) is 0 Å². The first-order valence-corrected chi connectivity index (χ1v) is 7.98. The van der Waals surface area contributed by atoms with Gasteiger partial charge in [-0.1, -0.05) is 30.1 Å². The number of anilines is 1. The number of halogens is 2. The van der Waals surface area contributed by atoms with E-state index in [1.807, 2.05) is 0 Å². The van der Waals surface area contributed by atoms with E-state index in [-0.39, 0.29) is 10.9 Å². The number of carbonyl (C=O) groups excluding carboxylic acids is 1. The standard InChI is InChI=1S/C15H21Cl2N3O/c1-10-2-5-20(6-3-10)7-4-19-15(21)11-8-12(16)14(17)13(18)9-11/h8-10H,2-7,18H2,1H3,(H,19,21). The van der Waals surface area contributed by atoms with Gasteiger partial charge in [-0.05, 0) is 44.0 Å². The smallest absolute Gasteiger partial charge is 0.251 e. The monoisotopic (exact) mass is 329 g/mol. The predicted octanol–water partition coefficient (Wildman–Crippen LogP) is 3.04. The number of piperidine rings is 1. The number of nitrogens with one attached hydrogen (secondary N) is 1. The van der Waals surface area contributed by atoms with E-state index in [0.717, 1.165) is 25.6 Å². The van der Waals surface area contributed by atoms with E-state index in [2.05, 4.69) is 17.1 Å². The zero-order chi connectivity index (χ0) is 15.4. The van der Waals surface area contributed by atoms with Crippen LogP contribution in [0.15, 0.2) is 12.1 Å². The zero-order valence-electron chi connectivity index (χ0n) is 12.2. The van der Waals surface area contributed by atoms with Crippen LogP contribution in [0.1, 0.15) is 30.1 Å². The van der Waals surface area contributed by atoms with Crippen LogP contribution in [-0.4, -0.2) is 37.0 Å². The fourth-order valence-electron chi connectivity index (χ4n) is 2.46. The Morgan fingerprint density at radius 3 is 2.67 bits per heavy atom. The number of amides is 1. The minimum atomic E-state index is -0.175. The molecule has 1 aromatic carbocycles. The van der Waals surface area contributed by atoms with Crippen molar-refractivity contribution in [3.63, 3.8) is 0 Å². The molecule has 1 fully saturated rings. The second-order valence-electron chi connectivity index (χ2n) is 5.64. The van der Waals surface area contributed by atoms with E-state index in [1.165, 1.54) is 18.9 Å². The Bertz CT molecular complexity index is 491. The summed E-state index contributed by atoms with van der Waals surface area (Å²) in [6.45, 7) is 5.99. The van der Waals surface area contributed by atoms with Crippen molar-refractivity contribution in [2.75, 3.05) is 31.9 Å². The van der Waals surface area contributed by atoms with E-state index in [1.54, 1.807) is 6.07 Å². The van der Waals surface area contributed by atoms with Gasteiger partial charge in [-0.15, -0.1) is 0 Å². The van der Waals surface area contributed by atoms with Crippen molar-refractivity contribution in [2.45, 2.75) is 19.8 Å². The number of hydrogen-bond donors (Lipinski definition) is 2. The van der Waals surface area contributed by atoms with Gasteiger partial charge in [0, 0.05) is 18.7 Å². The summed E-state index contributed by atoms with van der Waals surface area (Å²) < 4.78 is 0. The Morgan fingerprint density at radius 1 is 1.38 bits per heavy atom. The first kappa shape index (κ1) is 16.4. The van der Waals surface area contributed by atoms with Crippen molar-refractivity contribution in [3.8, 4) is 0 Å². The Labute approximate surface area is 135 Å². The number of nitrogens with zero attached hydrogens (tertiary/aromatic N) is 1. The highest BCUT2D eigenvalue weighted by Gasteiger charge is 2.16. The van der Waals surface area contributed by atoms with Gasteiger partial charge in [0.25, 0.3) is 5.91 Å². The summed E-state index contributed by atoms with van der Waals surface area (Å²) in [6.07, 6.45) is 2.47. The molecule has 1 aromatic rings. The normalized spacial score (nSPS) is 16.9. The molecule has 0 spiro atoms. The maximum Gasteiger partial charge on any atom is 0.251 e. The van der Waals surface area contributed by atoms with Crippen LogP contribution >= 0.6 is 23.2 Å². The van der Waals surface area contributed by atoms with Crippen molar-refractivity contribution < 1.29 is 4.79 Å². The van der Waals surface area contributed by atoms with Gasteiger partial charge in [0.2, 0.25) is 0 Å². The Hall–Kier alpha value is -0.970. The van der Waals surface area contributed by atoms with E-state index >= 15 is 0 Å². The highest BCUT2D eigenvalue weighted by atomic mass is 35.5. The lowest BCUT2D eigenvalue weighted by molar-refractivity contribution is 0.0944. The molecule has 116 valence electrons. The van der Waals surface area contributed by atoms with E-state index in [9.17, 15) is 4.79 Å². The molecule has 0 radical (unpaired) electrons. The predicted molar refractivity (Wildman–Crippen MR) is 88.0 cm³/mol. The van der Waals surface area contributed by atoms with Gasteiger partial charge in [-0.25, -0.2) is 0 Å². The molecule has 6 heteroatoms. The lowest BCUT2D eigenvalue weighted by Gasteiger charge is -2.30. The number of carbonyl (C=O) groups is 1. The van der Waals surface area contributed by atoms with Gasteiger partial charge in [-0.2, -0.15) is 0 Å². The minimum Gasteiger partial charge on any atom is -0.397 e. The average Bonchev–Trinajstić information content (AvgIpc) is 2.46. The first-order chi connectivity index (χ1) is 9.97. The van der Waals surface area contributed by atoms with Crippen molar-refractivity contribution >= 4 is 34.8 Å². The summed E-state index contributed by atoms with van der Waals surface area (Å²) in [4.78, 5) is 14.4. The number of nitrogens with two attached hydrogens (primary N) is 1. The van der Waals surface area contributed by atoms with Crippen LogP contribution < -0.4 is 11.1 Å². The number of rotatable bonds is 4. The molecule has 0 bridgehead atoms. The van der Waals surface area contributed by atoms with Crippen LogP contribution in [0.3, 0.4) is 0 Å². The van der Waals surface area contributed by atoms with E-state index in [4.69, 9.17) is 28.9 Å². The number of hydrogen-bond acceptors (Lipinski definition) is 3. The second kappa shape index (κ2) is 7.34. The first-order valence-electron chi connectivity index (χ1n) is 7.22. The molecular weight excluding hydrogens is 309 g/mol. The number of benzene rings is 1. The number of nitrogen functional groups attached to an aromatic ring is 1. The third kappa shape index (κ3) is 4.50. The molecule has 3 N–H and O–H groups in total. The molecule has 1 heterocycles. The third-order valence-corrected chi connectivity index (χ3v) is 4.73. The van der Waals surface area contributed by atoms with Gasteiger partial charge in [-0.3, -0.25) is 4.79 Å². The van der Waals surface area contributed by atoms with Crippen molar-refractivity contribution in [3.05, 3.63) is 27.7 Å². The summed E-state index contributed by atoms with van der Waals surface area (Å²) in [5, 5.41) is 3.48. The average molecular weight is 330 g/mol. The van der Waals surface area contributed by atoms with Crippen molar-refractivity contribution in [1.82, 2.24) is 10.2 Å². The molecule has 0 unspecified atom stereocenters. The summed E-state index contributed by atoms with van der Waals surface area (Å²) in [5.74, 6) is 0.640. The highest BCUT2D eigenvalue weighted by molar-refractivity contribution is 6.43. The fourth-order valence-corrected chi connectivity index (χ4v) is 2.79. The summed E-state index contributed by atoms with van der Waals surface area (Å²) in [7, 11) is 0. The molecule has 4 nitrogen and oxygen atoms in total. The van der Waals surface area contributed by atoms with Gasteiger partial charge in [0.05, 0.1) is 15.7 Å². The van der Waals surface area contributed by atoms with Crippen molar-refractivity contribution in [1.29, 1.82) is 0 Å². The lowest BCUT2D eigenvalue weighted by atomic mass is 9.99. The molecule has 0 saturated carbocycles. The molecule has 1 amide bonds. The van der Waals surface area contributed by atoms with E-state index in [0.29, 0.717) is 22.8 Å². The maximum absolute atomic E-state index is 12.1. The Balaban J connectivity index is 1.82. The molecule has 0 atom stereocenters. The van der Waals surface area contributed by atoms with Crippen LogP contribution in [0.2, 0.25) is 10.0 Å². The third-order valence-electron chi connectivity index (χ3n) is 3.91. The van der Waals surface area contributed by atoms with Gasteiger partial charge < -0.3 is 16.0 Å². The maximum atomic E-state index is 12.1. The van der Waals surface area contributed by atoms with Crippen LogP contribution in [0.5, 0.6) is 0 Å². The lowest BCUT2D eigenvalue weighted by Crippen LogP contribution is -2.39. The summed E-state index contributed by atoms with van der Waals surface area (Å²) in [5.41, 5.74) is 6.47. The zero-order valence-corrected chi connectivity index (χ0v) is 13.7. The minimum absolute atomic E-state index is 0.175. The molecular formula is C15H21Cl2N3O. The van der Waals surface area contributed by atoms with Crippen molar-refractivity contribution in [2.24, 2.45) is 5.92 Å². The Morgan fingerprint density at radius 2 is 2.05 bits per heavy atom. The van der Waals surface area contributed by atoms with Crippen LogP contribution in [0.25, 0.3) is 0 Å². The van der Waals surface area contributed by atoms with Crippen LogP contribution in [0, 0.1) is 5.92 Å². The molecule has 1 saturated heterocycles. The largest absolute Gasteiger partial charge is 0.397 e. The fraction of sp³-hybridized carbons (Fsp3) is 0.533. The quantitative estimate of drug-likeness (QED) is 0.835. The molecule has 1 aliphatic rings. The Kier molecular flexibility index (Phi) is 5.73. The molecule has 0 aliphatic carbocycles. The molecule has 1 aliphatic heterocycles. The second-order valence-corrected chi connectivity index (χ2v) is 6.43. The topological polar surface area (TPSA) is 58.4 Å². The molecule has 2 rings (SSSR count). The van der Waals surface area contributed by atoms with Crippen LogP contribution in [0.4, 0.5) is 5.69 Å². The van der Waals surface area contributed by atoms with Gasteiger partial charge in [0.15, 0.2) is 0 Å². The summed E-state index contributed by atoms with van der Waals surface area (Å²) in [6, 6.07) is 3.09.